The summed E-state index contributed by atoms with van der Waals surface area (Å²) in [4.78, 5) is 11.7. The first-order valence-corrected chi connectivity index (χ1v) is 6.48. The Morgan fingerprint density at radius 1 is 1.47 bits per heavy atom. The van der Waals surface area contributed by atoms with Gasteiger partial charge in [-0.3, -0.25) is 4.79 Å². The van der Waals surface area contributed by atoms with Crippen LogP contribution in [-0.2, 0) is 19.0 Å². The summed E-state index contributed by atoms with van der Waals surface area (Å²) in [6.45, 7) is 3.88. The van der Waals surface area contributed by atoms with E-state index in [1.165, 1.54) is 6.26 Å². The molecule has 1 unspecified atom stereocenters. The van der Waals surface area contributed by atoms with E-state index in [2.05, 4.69) is 6.08 Å². The summed E-state index contributed by atoms with van der Waals surface area (Å²) in [5.74, 6) is 0.365. The van der Waals surface area contributed by atoms with E-state index in [9.17, 15) is 4.79 Å². The monoisotopic (exact) mass is 262 g/mol. The SMILES string of the molecule is CCOC(=O)C(C)C1=COC=C(C2=CC=CCC2)O1. The van der Waals surface area contributed by atoms with Gasteiger partial charge in [0.15, 0.2) is 11.5 Å². The molecule has 102 valence electrons. The van der Waals surface area contributed by atoms with E-state index >= 15 is 0 Å². The van der Waals surface area contributed by atoms with Crippen LogP contribution in [0.1, 0.15) is 26.7 Å². The van der Waals surface area contributed by atoms with Crippen molar-refractivity contribution in [2.24, 2.45) is 5.92 Å². The molecule has 0 amide bonds. The molecule has 2 rings (SSSR count). The Bertz CT molecular complexity index is 469. The van der Waals surface area contributed by atoms with Crippen LogP contribution in [0.3, 0.4) is 0 Å². The Morgan fingerprint density at radius 3 is 3.00 bits per heavy atom. The molecule has 1 atom stereocenters. The van der Waals surface area contributed by atoms with Gasteiger partial charge in [-0.15, -0.1) is 0 Å². The molecule has 1 heterocycles. The third kappa shape index (κ3) is 3.28. The lowest BCUT2D eigenvalue weighted by molar-refractivity contribution is -0.147. The van der Waals surface area contributed by atoms with Crippen LogP contribution in [0.15, 0.2) is 47.8 Å². The highest BCUT2D eigenvalue weighted by Gasteiger charge is 2.25. The first-order chi connectivity index (χ1) is 9.22. The number of carbonyl (C=O) groups is 1. The molecule has 0 aromatic rings. The number of rotatable bonds is 4. The van der Waals surface area contributed by atoms with Gasteiger partial charge in [-0.25, -0.2) is 0 Å². The molecule has 0 radical (unpaired) electrons. The lowest BCUT2D eigenvalue weighted by Gasteiger charge is -2.22. The second-order valence-corrected chi connectivity index (χ2v) is 4.37. The summed E-state index contributed by atoms with van der Waals surface area (Å²) < 4.78 is 16.0. The summed E-state index contributed by atoms with van der Waals surface area (Å²) in [6, 6.07) is 0. The first-order valence-electron chi connectivity index (χ1n) is 6.48. The smallest absolute Gasteiger partial charge is 0.316 e. The van der Waals surface area contributed by atoms with Gasteiger partial charge < -0.3 is 14.2 Å². The molecule has 0 N–H and O–H groups in total. The Kier molecular flexibility index (Phi) is 4.44. The van der Waals surface area contributed by atoms with Gasteiger partial charge in [-0.05, 0) is 32.3 Å². The van der Waals surface area contributed by atoms with Gasteiger partial charge in [0, 0.05) is 0 Å². The Labute approximate surface area is 113 Å². The predicted molar refractivity (Wildman–Crippen MR) is 70.6 cm³/mol. The second kappa shape index (κ2) is 6.27. The number of esters is 1. The molecule has 4 heteroatoms. The molecule has 0 saturated heterocycles. The molecule has 0 saturated carbocycles. The third-order valence-corrected chi connectivity index (χ3v) is 2.98. The van der Waals surface area contributed by atoms with Crippen molar-refractivity contribution < 1.29 is 19.0 Å². The molecular formula is C15H18O4. The Hall–Kier alpha value is -1.97. The summed E-state index contributed by atoms with van der Waals surface area (Å²) in [6.07, 6.45) is 11.0. The fraction of sp³-hybridized carbons (Fsp3) is 0.400. The molecule has 0 fully saturated rings. The number of ether oxygens (including phenoxy) is 3. The maximum absolute atomic E-state index is 11.7. The lowest BCUT2D eigenvalue weighted by Crippen LogP contribution is -2.20. The van der Waals surface area contributed by atoms with Crippen molar-refractivity contribution in [2.45, 2.75) is 26.7 Å². The standard InChI is InChI=1S/C15H18O4/c1-3-18-15(16)11(2)13-9-17-10-14(19-13)12-7-5-4-6-8-12/h4-5,7,9-11H,3,6,8H2,1-2H3. The van der Waals surface area contributed by atoms with Gasteiger partial charge in [-0.1, -0.05) is 18.2 Å². The topological polar surface area (TPSA) is 44.8 Å². The van der Waals surface area contributed by atoms with Gasteiger partial charge in [-0.2, -0.15) is 0 Å². The molecule has 19 heavy (non-hydrogen) atoms. The lowest BCUT2D eigenvalue weighted by atomic mass is 10.0. The van der Waals surface area contributed by atoms with Gasteiger partial charge >= 0.3 is 5.97 Å². The quantitative estimate of drug-likeness (QED) is 0.730. The summed E-state index contributed by atoms with van der Waals surface area (Å²) in [5, 5.41) is 0. The third-order valence-electron chi connectivity index (χ3n) is 2.98. The minimum Gasteiger partial charge on any atom is -0.465 e. The molecule has 0 aromatic heterocycles. The molecule has 4 nitrogen and oxygen atoms in total. The van der Waals surface area contributed by atoms with E-state index in [0.29, 0.717) is 18.1 Å². The van der Waals surface area contributed by atoms with Gasteiger partial charge in [0.25, 0.3) is 0 Å². The molecule has 0 aromatic carbocycles. The second-order valence-electron chi connectivity index (χ2n) is 4.37. The highest BCUT2D eigenvalue weighted by molar-refractivity contribution is 5.74. The normalized spacial score (nSPS) is 19.4. The largest absolute Gasteiger partial charge is 0.465 e. The fourth-order valence-electron chi connectivity index (χ4n) is 1.86. The minimum absolute atomic E-state index is 0.309. The van der Waals surface area contributed by atoms with Crippen LogP contribution >= 0.6 is 0 Å². The Morgan fingerprint density at radius 2 is 2.32 bits per heavy atom. The number of hydrogen-bond acceptors (Lipinski definition) is 4. The van der Waals surface area contributed by atoms with Crippen molar-refractivity contribution in [1.82, 2.24) is 0 Å². The summed E-state index contributed by atoms with van der Waals surface area (Å²) in [5.41, 5.74) is 1.07. The van der Waals surface area contributed by atoms with Crippen molar-refractivity contribution >= 4 is 5.97 Å². The molecule has 0 spiro atoms. The van der Waals surface area contributed by atoms with Crippen LogP contribution in [0.5, 0.6) is 0 Å². The number of hydrogen-bond donors (Lipinski definition) is 0. The molecule has 2 aliphatic rings. The van der Waals surface area contributed by atoms with Crippen molar-refractivity contribution in [3.63, 3.8) is 0 Å². The van der Waals surface area contributed by atoms with Gasteiger partial charge in [0.05, 0.1) is 6.61 Å². The molecule has 1 aliphatic heterocycles. The average Bonchev–Trinajstić information content (AvgIpc) is 2.48. The van der Waals surface area contributed by atoms with Crippen molar-refractivity contribution in [3.05, 3.63) is 47.8 Å². The fourth-order valence-corrected chi connectivity index (χ4v) is 1.86. The Balaban J connectivity index is 2.02. The average molecular weight is 262 g/mol. The predicted octanol–water partition coefficient (Wildman–Crippen LogP) is 3.19. The van der Waals surface area contributed by atoms with E-state index < -0.39 is 5.92 Å². The van der Waals surface area contributed by atoms with Crippen LogP contribution in [0.4, 0.5) is 0 Å². The van der Waals surface area contributed by atoms with Crippen LogP contribution in [-0.4, -0.2) is 12.6 Å². The van der Waals surface area contributed by atoms with E-state index in [-0.39, 0.29) is 5.97 Å². The van der Waals surface area contributed by atoms with Crippen molar-refractivity contribution in [1.29, 1.82) is 0 Å². The zero-order chi connectivity index (χ0) is 13.7. The first kappa shape index (κ1) is 13.5. The van der Waals surface area contributed by atoms with Gasteiger partial charge in [0.1, 0.15) is 18.4 Å². The molecule has 0 bridgehead atoms. The molecular weight excluding hydrogens is 244 g/mol. The maximum Gasteiger partial charge on any atom is 0.316 e. The summed E-state index contributed by atoms with van der Waals surface area (Å²) in [7, 11) is 0. The zero-order valence-electron chi connectivity index (χ0n) is 11.2. The van der Waals surface area contributed by atoms with Crippen LogP contribution in [0.25, 0.3) is 0 Å². The van der Waals surface area contributed by atoms with E-state index in [4.69, 9.17) is 14.2 Å². The number of allylic oxidation sites excluding steroid dienone is 4. The maximum atomic E-state index is 11.7. The zero-order valence-corrected chi connectivity index (χ0v) is 11.2. The highest BCUT2D eigenvalue weighted by atomic mass is 16.6. The summed E-state index contributed by atoms with van der Waals surface area (Å²) >= 11 is 0. The highest BCUT2D eigenvalue weighted by Crippen LogP contribution is 2.29. The van der Waals surface area contributed by atoms with E-state index in [1.54, 1.807) is 20.1 Å². The van der Waals surface area contributed by atoms with Gasteiger partial charge in [0.2, 0.25) is 0 Å². The van der Waals surface area contributed by atoms with E-state index in [0.717, 1.165) is 18.4 Å². The minimum atomic E-state index is -0.469. The van der Waals surface area contributed by atoms with Crippen molar-refractivity contribution in [2.75, 3.05) is 6.61 Å². The van der Waals surface area contributed by atoms with Crippen LogP contribution in [0, 0.1) is 5.92 Å². The van der Waals surface area contributed by atoms with E-state index in [1.807, 2.05) is 12.2 Å². The molecule has 1 aliphatic carbocycles. The van der Waals surface area contributed by atoms with Crippen LogP contribution in [0.2, 0.25) is 0 Å². The number of carbonyl (C=O) groups excluding carboxylic acids is 1. The van der Waals surface area contributed by atoms with Crippen molar-refractivity contribution in [3.8, 4) is 0 Å². The van der Waals surface area contributed by atoms with Crippen LogP contribution < -0.4 is 0 Å².